The number of fused-ring (bicyclic) bond motifs is 1. The van der Waals surface area contributed by atoms with E-state index in [9.17, 15) is 22.8 Å². The fourth-order valence-corrected chi connectivity index (χ4v) is 5.87. The number of hydrogen-bond acceptors (Lipinski definition) is 7. The van der Waals surface area contributed by atoms with Crippen molar-refractivity contribution in [1.29, 1.82) is 0 Å². The van der Waals surface area contributed by atoms with Gasteiger partial charge in [-0.1, -0.05) is 49.6 Å². The van der Waals surface area contributed by atoms with E-state index < -0.39 is 51.6 Å². The molecule has 0 aliphatic heterocycles. The van der Waals surface area contributed by atoms with Crippen molar-refractivity contribution in [2.75, 3.05) is 6.61 Å². The highest BCUT2D eigenvalue weighted by Crippen LogP contribution is 2.27. The number of sulfonamides is 1. The molecule has 2 amide bonds. The summed E-state index contributed by atoms with van der Waals surface area (Å²) in [6.07, 6.45) is 2.93. The number of benzene rings is 2. The lowest BCUT2D eigenvalue weighted by molar-refractivity contribution is -0.162. The number of esters is 1. The Bertz CT molecular complexity index is 1260. The van der Waals surface area contributed by atoms with Crippen LogP contribution < -0.4 is 4.72 Å². The molecule has 1 unspecified atom stereocenters. The summed E-state index contributed by atoms with van der Waals surface area (Å²) in [7, 11) is -4.28. The molecule has 10 heteroatoms. The van der Waals surface area contributed by atoms with Crippen LogP contribution in [0.25, 0.3) is 10.8 Å². The predicted molar refractivity (Wildman–Crippen MR) is 144 cm³/mol. The maximum Gasteiger partial charge on any atom is 0.416 e. The normalized spacial score (nSPS) is 16.4. The molecule has 208 valence electrons. The van der Waals surface area contributed by atoms with E-state index in [0.717, 1.165) is 29.5 Å². The SMILES string of the molecule is CCOC(=O)N(C(=O)[C@@H](NS(=O)(=O)c1ccc2ccccc2c1)C(C)C(=O)OC(C)(C)C)C1CCCCC1. The van der Waals surface area contributed by atoms with Crippen LogP contribution in [-0.2, 0) is 29.1 Å². The molecular formula is C28H38N2O7S. The quantitative estimate of drug-likeness (QED) is 0.473. The minimum atomic E-state index is -4.28. The number of hydrogen-bond donors (Lipinski definition) is 1. The van der Waals surface area contributed by atoms with Gasteiger partial charge < -0.3 is 9.47 Å². The molecule has 2 atom stereocenters. The molecule has 1 saturated carbocycles. The number of nitrogens with zero attached hydrogens (tertiary/aromatic N) is 1. The minimum Gasteiger partial charge on any atom is -0.460 e. The minimum absolute atomic E-state index is 0.0461. The van der Waals surface area contributed by atoms with Crippen molar-refractivity contribution >= 4 is 38.8 Å². The summed E-state index contributed by atoms with van der Waals surface area (Å²) >= 11 is 0. The van der Waals surface area contributed by atoms with E-state index in [1.807, 2.05) is 12.1 Å². The molecule has 0 aromatic heterocycles. The number of carbonyl (C=O) groups is 3. The lowest BCUT2D eigenvalue weighted by Gasteiger charge is -2.35. The molecule has 1 aliphatic rings. The van der Waals surface area contributed by atoms with E-state index in [1.54, 1.807) is 45.9 Å². The van der Waals surface area contributed by atoms with Crippen molar-refractivity contribution in [2.24, 2.45) is 5.92 Å². The molecule has 0 heterocycles. The lowest BCUT2D eigenvalue weighted by Crippen LogP contribution is -2.58. The van der Waals surface area contributed by atoms with E-state index in [-0.39, 0.29) is 11.5 Å². The summed E-state index contributed by atoms with van der Waals surface area (Å²) in [5, 5.41) is 1.56. The highest BCUT2D eigenvalue weighted by Gasteiger charge is 2.43. The molecule has 2 aromatic carbocycles. The Morgan fingerprint density at radius 1 is 1.03 bits per heavy atom. The molecule has 9 nitrogen and oxygen atoms in total. The van der Waals surface area contributed by atoms with Gasteiger partial charge in [0.2, 0.25) is 10.0 Å². The van der Waals surface area contributed by atoms with E-state index in [1.165, 1.54) is 19.1 Å². The second kappa shape index (κ2) is 12.3. The van der Waals surface area contributed by atoms with Crippen LogP contribution >= 0.6 is 0 Å². The Kier molecular flexibility index (Phi) is 9.54. The van der Waals surface area contributed by atoms with Gasteiger partial charge in [-0.25, -0.2) is 18.1 Å². The number of rotatable bonds is 8. The average Bonchev–Trinajstić information content (AvgIpc) is 2.86. The van der Waals surface area contributed by atoms with Gasteiger partial charge in [-0.05, 0) is 70.4 Å². The van der Waals surface area contributed by atoms with Crippen molar-refractivity contribution < 1.29 is 32.3 Å². The summed E-state index contributed by atoms with van der Waals surface area (Å²) in [5.74, 6) is -2.82. The third-order valence-corrected chi connectivity index (χ3v) is 7.94. The molecule has 1 aliphatic carbocycles. The fraction of sp³-hybridized carbons (Fsp3) is 0.536. The smallest absolute Gasteiger partial charge is 0.416 e. The molecule has 3 rings (SSSR count). The van der Waals surface area contributed by atoms with E-state index in [0.29, 0.717) is 18.2 Å². The van der Waals surface area contributed by atoms with E-state index in [2.05, 4.69) is 4.72 Å². The largest absolute Gasteiger partial charge is 0.460 e. The molecule has 0 saturated heterocycles. The van der Waals surface area contributed by atoms with Crippen molar-refractivity contribution in [3.05, 3.63) is 42.5 Å². The van der Waals surface area contributed by atoms with Gasteiger partial charge in [0.05, 0.1) is 17.4 Å². The van der Waals surface area contributed by atoms with Crippen LogP contribution in [0.1, 0.15) is 66.7 Å². The van der Waals surface area contributed by atoms with Gasteiger partial charge in [0, 0.05) is 6.04 Å². The van der Waals surface area contributed by atoms with Crippen molar-refractivity contribution in [1.82, 2.24) is 9.62 Å². The Morgan fingerprint density at radius 2 is 1.66 bits per heavy atom. The van der Waals surface area contributed by atoms with Gasteiger partial charge in [0.25, 0.3) is 5.91 Å². The number of carbonyl (C=O) groups excluding carboxylic acids is 3. The van der Waals surface area contributed by atoms with Gasteiger partial charge in [0.1, 0.15) is 11.6 Å². The van der Waals surface area contributed by atoms with Crippen LogP contribution in [-0.4, -0.2) is 55.6 Å². The van der Waals surface area contributed by atoms with E-state index in [4.69, 9.17) is 9.47 Å². The highest BCUT2D eigenvalue weighted by atomic mass is 32.2. The van der Waals surface area contributed by atoms with Crippen LogP contribution in [0.3, 0.4) is 0 Å². The van der Waals surface area contributed by atoms with Gasteiger partial charge >= 0.3 is 12.1 Å². The Hall–Kier alpha value is -2.98. The molecule has 0 spiro atoms. The predicted octanol–water partition coefficient (Wildman–Crippen LogP) is 4.78. The number of nitrogens with one attached hydrogen (secondary N) is 1. The molecule has 0 bridgehead atoms. The summed E-state index contributed by atoms with van der Waals surface area (Å²) in [4.78, 5) is 40.9. The topological polar surface area (TPSA) is 119 Å². The zero-order valence-corrected chi connectivity index (χ0v) is 23.5. The van der Waals surface area contributed by atoms with Gasteiger partial charge in [-0.2, -0.15) is 4.72 Å². The van der Waals surface area contributed by atoms with Crippen molar-refractivity contribution in [3.63, 3.8) is 0 Å². The van der Waals surface area contributed by atoms with Crippen LogP contribution in [0.2, 0.25) is 0 Å². The van der Waals surface area contributed by atoms with Crippen LogP contribution in [0.4, 0.5) is 4.79 Å². The standard InChI is InChI=1S/C28H38N2O7S/c1-6-36-27(33)30(22-14-8-7-9-15-22)25(31)24(19(2)26(32)37-28(3,4)5)29-38(34,35)23-17-16-20-12-10-11-13-21(20)18-23/h10-13,16-19,22,24,29H,6-9,14-15H2,1-5H3/t19?,24-/m0/s1. The lowest BCUT2D eigenvalue weighted by atomic mass is 9.93. The second-order valence-corrected chi connectivity index (χ2v) is 12.3. The van der Waals surface area contributed by atoms with Gasteiger partial charge in [0.15, 0.2) is 0 Å². The first-order valence-corrected chi connectivity index (χ1v) is 14.6. The number of imide groups is 1. The second-order valence-electron chi connectivity index (χ2n) is 10.6. The Labute approximate surface area is 224 Å². The average molecular weight is 547 g/mol. The van der Waals surface area contributed by atoms with Crippen molar-refractivity contribution in [2.45, 2.75) is 89.3 Å². The summed E-state index contributed by atoms with van der Waals surface area (Å²) in [6.45, 7) is 8.14. The van der Waals surface area contributed by atoms with Gasteiger partial charge in [-0.15, -0.1) is 0 Å². The monoisotopic (exact) mass is 546 g/mol. The molecule has 1 N–H and O–H groups in total. The summed E-state index contributed by atoms with van der Waals surface area (Å²) < 4.78 is 40.2. The van der Waals surface area contributed by atoms with Crippen molar-refractivity contribution in [3.8, 4) is 0 Å². The molecular weight excluding hydrogens is 508 g/mol. The fourth-order valence-electron chi connectivity index (χ4n) is 4.57. The molecule has 2 aromatic rings. The molecule has 0 radical (unpaired) electrons. The van der Waals surface area contributed by atoms with Gasteiger partial charge in [-0.3, -0.25) is 9.59 Å². The zero-order chi connectivity index (χ0) is 28.1. The highest BCUT2D eigenvalue weighted by molar-refractivity contribution is 7.89. The molecule has 38 heavy (non-hydrogen) atoms. The first kappa shape index (κ1) is 29.6. The van der Waals surface area contributed by atoms with E-state index >= 15 is 0 Å². The maximum atomic E-state index is 14.0. The van der Waals surface area contributed by atoms with Crippen LogP contribution in [0.15, 0.2) is 47.4 Å². The summed E-state index contributed by atoms with van der Waals surface area (Å²) in [5.41, 5.74) is -0.861. The number of amides is 2. The first-order valence-electron chi connectivity index (χ1n) is 13.1. The number of ether oxygens (including phenoxy) is 2. The third-order valence-electron chi connectivity index (χ3n) is 6.50. The maximum absolute atomic E-state index is 14.0. The Balaban J connectivity index is 2.02. The Morgan fingerprint density at radius 3 is 2.26 bits per heavy atom. The summed E-state index contributed by atoms with van der Waals surface area (Å²) in [6, 6.07) is 9.86. The zero-order valence-electron chi connectivity index (χ0n) is 22.7. The van der Waals surface area contributed by atoms with Crippen LogP contribution in [0.5, 0.6) is 0 Å². The molecule has 1 fully saturated rings. The first-order chi connectivity index (χ1) is 17.8. The van der Waals surface area contributed by atoms with Crippen LogP contribution in [0, 0.1) is 5.92 Å². The third kappa shape index (κ3) is 7.32.